The van der Waals surface area contributed by atoms with Gasteiger partial charge in [0, 0.05) is 15.5 Å². The Morgan fingerprint density at radius 2 is 1.19 bits per heavy atom. The molecule has 0 spiro atoms. The number of benzene rings is 3. The molecule has 0 aliphatic carbocycles. The Kier molecular flexibility index (Phi) is 2.86. The average molecular weight is 291 g/mol. The molecule has 3 heteroatoms. The number of rotatable bonds is 1. The van der Waals surface area contributed by atoms with E-state index in [1.807, 2.05) is 12.1 Å². The van der Waals surface area contributed by atoms with Gasteiger partial charge in [0.2, 0.25) is 0 Å². The Hall–Kier alpha value is -2.39. The summed E-state index contributed by atoms with van der Waals surface area (Å²) in [5.74, 6) is 0.284. The van der Waals surface area contributed by atoms with Crippen LogP contribution in [0.5, 0.6) is 5.75 Å². The molecule has 1 aliphatic rings. The fourth-order valence-corrected chi connectivity index (χ4v) is 3.64. The summed E-state index contributed by atoms with van der Waals surface area (Å²) in [6.07, 6.45) is 0. The van der Waals surface area contributed by atoms with E-state index in [-0.39, 0.29) is 5.75 Å². The van der Waals surface area contributed by atoms with E-state index in [0.29, 0.717) is 0 Å². The molecule has 102 valence electrons. The fourth-order valence-electron chi connectivity index (χ4n) is 2.58. The molecule has 0 bridgehead atoms. The summed E-state index contributed by atoms with van der Waals surface area (Å²) >= 11 is 1.79. The lowest BCUT2D eigenvalue weighted by atomic mass is 10.2. The van der Waals surface area contributed by atoms with Gasteiger partial charge in [-0.2, -0.15) is 0 Å². The van der Waals surface area contributed by atoms with E-state index in [0.717, 1.165) is 5.69 Å². The molecule has 0 amide bonds. The van der Waals surface area contributed by atoms with Crippen LogP contribution in [-0.2, 0) is 0 Å². The lowest BCUT2D eigenvalue weighted by Crippen LogP contribution is -2.14. The Labute approximate surface area is 127 Å². The maximum absolute atomic E-state index is 9.52. The van der Waals surface area contributed by atoms with Crippen molar-refractivity contribution in [3.63, 3.8) is 0 Å². The number of phenolic OH excluding ortho intramolecular Hbond substituents is 1. The Bertz CT molecular complexity index is 753. The quantitative estimate of drug-likeness (QED) is 0.513. The van der Waals surface area contributed by atoms with Crippen LogP contribution in [0.4, 0.5) is 17.1 Å². The zero-order chi connectivity index (χ0) is 14.2. The first kappa shape index (κ1) is 12.4. The molecule has 0 fully saturated rings. The van der Waals surface area contributed by atoms with Crippen molar-refractivity contribution in [1.82, 2.24) is 0 Å². The molecule has 0 aromatic heterocycles. The van der Waals surface area contributed by atoms with E-state index in [1.165, 1.54) is 21.2 Å². The summed E-state index contributed by atoms with van der Waals surface area (Å²) in [6, 6.07) is 24.1. The maximum Gasteiger partial charge on any atom is 0.115 e. The second kappa shape index (κ2) is 4.86. The van der Waals surface area contributed by atoms with E-state index in [1.54, 1.807) is 23.9 Å². The third kappa shape index (κ3) is 2.06. The topological polar surface area (TPSA) is 23.5 Å². The molecular weight excluding hydrogens is 278 g/mol. The molecule has 1 heterocycles. The molecule has 0 unspecified atom stereocenters. The van der Waals surface area contributed by atoms with Crippen molar-refractivity contribution in [2.75, 3.05) is 4.90 Å². The normalized spacial score (nSPS) is 12.7. The van der Waals surface area contributed by atoms with Crippen LogP contribution in [-0.4, -0.2) is 5.11 Å². The molecular formula is C18H13NOS. The number of anilines is 3. The third-order valence-electron chi connectivity index (χ3n) is 3.54. The van der Waals surface area contributed by atoms with Crippen molar-refractivity contribution >= 4 is 28.8 Å². The van der Waals surface area contributed by atoms with Crippen LogP contribution in [0.1, 0.15) is 0 Å². The highest BCUT2D eigenvalue weighted by Gasteiger charge is 2.23. The smallest absolute Gasteiger partial charge is 0.115 e. The van der Waals surface area contributed by atoms with Gasteiger partial charge < -0.3 is 10.0 Å². The number of hydrogen-bond acceptors (Lipinski definition) is 3. The molecule has 1 N–H and O–H groups in total. The first-order valence-corrected chi connectivity index (χ1v) is 7.60. The van der Waals surface area contributed by atoms with Gasteiger partial charge in [0.25, 0.3) is 0 Å². The van der Waals surface area contributed by atoms with Gasteiger partial charge in [0.1, 0.15) is 5.75 Å². The molecule has 4 rings (SSSR count). The monoisotopic (exact) mass is 291 g/mol. The minimum absolute atomic E-state index is 0.284. The average Bonchev–Trinajstić information content (AvgIpc) is 2.53. The van der Waals surface area contributed by atoms with Crippen LogP contribution in [0.15, 0.2) is 82.6 Å². The summed E-state index contributed by atoms with van der Waals surface area (Å²) in [6.45, 7) is 0. The van der Waals surface area contributed by atoms with Gasteiger partial charge in [0.15, 0.2) is 0 Å². The molecule has 0 radical (unpaired) electrons. The van der Waals surface area contributed by atoms with Gasteiger partial charge in [0.05, 0.1) is 11.4 Å². The molecule has 0 atom stereocenters. The minimum atomic E-state index is 0.284. The second-order valence-corrected chi connectivity index (χ2v) is 5.97. The van der Waals surface area contributed by atoms with Crippen LogP contribution in [0, 0.1) is 0 Å². The van der Waals surface area contributed by atoms with Crippen molar-refractivity contribution < 1.29 is 5.11 Å². The van der Waals surface area contributed by atoms with Crippen LogP contribution in [0.3, 0.4) is 0 Å². The molecule has 3 aromatic rings. The number of phenols is 1. The number of aromatic hydroxyl groups is 1. The second-order valence-electron chi connectivity index (χ2n) is 4.89. The summed E-state index contributed by atoms with van der Waals surface area (Å²) in [5, 5.41) is 9.52. The van der Waals surface area contributed by atoms with Gasteiger partial charge in [-0.1, -0.05) is 36.0 Å². The van der Waals surface area contributed by atoms with Crippen LogP contribution >= 0.6 is 11.8 Å². The highest BCUT2D eigenvalue weighted by molar-refractivity contribution is 7.99. The van der Waals surface area contributed by atoms with Gasteiger partial charge in [-0.05, 0) is 48.5 Å². The maximum atomic E-state index is 9.52. The molecule has 3 aromatic carbocycles. The SMILES string of the molecule is Oc1ccc(N2c3ccccc3Sc3ccccc32)cc1. The Balaban J connectivity index is 1.95. The highest BCUT2D eigenvalue weighted by Crippen LogP contribution is 2.51. The Morgan fingerprint density at radius 1 is 0.667 bits per heavy atom. The minimum Gasteiger partial charge on any atom is -0.508 e. The van der Waals surface area contributed by atoms with Crippen molar-refractivity contribution in [3.8, 4) is 5.75 Å². The summed E-state index contributed by atoms with van der Waals surface area (Å²) < 4.78 is 0. The molecule has 21 heavy (non-hydrogen) atoms. The summed E-state index contributed by atoms with van der Waals surface area (Å²) in [4.78, 5) is 4.72. The third-order valence-corrected chi connectivity index (χ3v) is 4.67. The predicted molar refractivity (Wildman–Crippen MR) is 86.9 cm³/mol. The molecule has 0 saturated carbocycles. The number of nitrogens with zero attached hydrogens (tertiary/aromatic N) is 1. The lowest BCUT2D eigenvalue weighted by Gasteiger charge is -2.32. The number of para-hydroxylation sites is 2. The van der Waals surface area contributed by atoms with Crippen molar-refractivity contribution in [2.45, 2.75) is 9.79 Å². The zero-order valence-corrected chi connectivity index (χ0v) is 12.0. The van der Waals surface area contributed by atoms with E-state index in [2.05, 4.69) is 53.4 Å². The van der Waals surface area contributed by atoms with Crippen molar-refractivity contribution in [2.24, 2.45) is 0 Å². The standard InChI is InChI=1S/C18H13NOS/c20-14-11-9-13(10-12-14)19-15-5-1-3-7-17(15)21-18-8-4-2-6-16(18)19/h1-12,20H. The first-order chi connectivity index (χ1) is 10.3. The van der Waals surface area contributed by atoms with Crippen molar-refractivity contribution in [1.29, 1.82) is 0 Å². The van der Waals surface area contributed by atoms with E-state index >= 15 is 0 Å². The predicted octanol–water partition coefficient (Wildman–Crippen LogP) is 5.33. The van der Waals surface area contributed by atoms with Crippen LogP contribution < -0.4 is 4.90 Å². The zero-order valence-electron chi connectivity index (χ0n) is 11.2. The van der Waals surface area contributed by atoms with Gasteiger partial charge in [-0.3, -0.25) is 0 Å². The number of fused-ring (bicyclic) bond motifs is 2. The highest BCUT2D eigenvalue weighted by atomic mass is 32.2. The van der Waals surface area contributed by atoms with Crippen molar-refractivity contribution in [3.05, 3.63) is 72.8 Å². The molecule has 0 saturated heterocycles. The van der Waals surface area contributed by atoms with Crippen LogP contribution in [0.25, 0.3) is 0 Å². The van der Waals surface area contributed by atoms with Crippen LogP contribution in [0.2, 0.25) is 0 Å². The van der Waals surface area contributed by atoms with Gasteiger partial charge in [-0.25, -0.2) is 0 Å². The fraction of sp³-hybridized carbons (Fsp3) is 0. The Morgan fingerprint density at radius 3 is 1.76 bits per heavy atom. The van der Waals surface area contributed by atoms with E-state index in [9.17, 15) is 5.11 Å². The molecule has 2 nitrogen and oxygen atoms in total. The van der Waals surface area contributed by atoms with E-state index < -0.39 is 0 Å². The summed E-state index contributed by atoms with van der Waals surface area (Å²) in [7, 11) is 0. The largest absolute Gasteiger partial charge is 0.508 e. The number of hydrogen-bond donors (Lipinski definition) is 1. The van der Waals surface area contributed by atoms with Gasteiger partial charge >= 0.3 is 0 Å². The van der Waals surface area contributed by atoms with Gasteiger partial charge in [-0.15, -0.1) is 0 Å². The summed E-state index contributed by atoms with van der Waals surface area (Å²) in [5.41, 5.74) is 3.40. The first-order valence-electron chi connectivity index (χ1n) is 6.78. The lowest BCUT2D eigenvalue weighted by molar-refractivity contribution is 0.475. The molecule has 1 aliphatic heterocycles. The van der Waals surface area contributed by atoms with E-state index in [4.69, 9.17) is 0 Å².